The van der Waals surface area contributed by atoms with E-state index in [2.05, 4.69) is 0 Å². The summed E-state index contributed by atoms with van der Waals surface area (Å²) in [6, 6.07) is 19.0. The predicted octanol–water partition coefficient (Wildman–Crippen LogP) is 6.66. The first-order valence-electron chi connectivity index (χ1n) is 11.3. The average molecular weight is 524 g/mol. The molecule has 0 atom stereocenters. The summed E-state index contributed by atoms with van der Waals surface area (Å²) in [5.41, 5.74) is 3.87. The van der Waals surface area contributed by atoms with Crippen molar-refractivity contribution in [3.8, 4) is 17.2 Å². The third kappa shape index (κ3) is 6.22. The Morgan fingerprint density at radius 3 is 2.47 bits per heavy atom. The van der Waals surface area contributed by atoms with Crippen LogP contribution in [-0.2, 0) is 11.4 Å². The topological polar surface area (TPSA) is 65.1 Å². The molecule has 3 aromatic rings. The van der Waals surface area contributed by atoms with Crippen molar-refractivity contribution in [2.75, 3.05) is 20.3 Å². The average Bonchev–Trinajstić information content (AvgIpc) is 3.11. The number of hydrogen-bond acceptors (Lipinski definition) is 6. The Kier molecular flexibility index (Phi) is 8.23. The number of aryl methyl sites for hydroxylation is 2. The third-order valence-electron chi connectivity index (χ3n) is 5.50. The van der Waals surface area contributed by atoms with Gasteiger partial charge in [0.15, 0.2) is 11.5 Å². The van der Waals surface area contributed by atoms with Crippen LogP contribution in [0.1, 0.15) is 22.3 Å². The van der Waals surface area contributed by atoms with E-state index < -0.39 is 0 Å². The number of hydrogen-bond donors (Lipinski definition) is 0. The van der Waals surface area contributed by atoms with E-state index in [1.165, 1.54) is 17.6 Å². The maximum atomic E-state index is 12.9. The van der Waals surface area contributed by atoms with Crippen LogP contribution in [0.3, 0.4) is 0 Å². The van der Waals surface area contributed by atoms with Crippen molar-refractivity contribution in [2.45, 2.75) is 20.5 Å². The number of benzene rings is 3. The zero-order chi connectivity index (χ0) is 25.7. The van der Waals surface area contributed by atoms with Crippen molar-refractivity contribution in [3.63, 3.8) is 0 Å². The van der Waals surface area contributed by atoms with Crippen LogP contribution in [0.4, 0.5) is 4.79 Å². The van der Waals surface area contributed by atoms with Gasteiger partial charge in [-0.15, -0.1) is 0 Å². The van der Waals surface area contributed by atoms with Gasteiger partial charge in [-0.1, -0.05) is 53.6 Å². The first-order chi connectivity index (χ1) is 17.3. The van der Waals surface area contributed by atoms with Crippen LogP contribution >= 0.6 is 23.4 Å². The van der Waals surface area contributed by atoms with Crippen molar-refractivity contribution in [1.29, 1.82) is 0 Å². The molecule has 6 nitrogen and oxygen atoms in total. The van der Waals surface area contributed by atoms with Gasteiger partial charge in [-0.3, -0.25) is 14.5 Å². The molecule has 1 fully saturated rings. The van der Waals surface area contributed by atoms with Crippen molar-refractivity contribution >= 4 is 40.6 Å². The number of carbonyl (C=O) groups is 2. The predicted molar refractivity (Wildman–Crippen MR) is 143 cm³/mol. The number of thioether (sulfide) groups is 1. The molecule has 0 radical (unpaired) electrons. The first-order valence-corrected chi connectivity index (χ1v) is 12.5. The Balaban J connectivity index is 1.43. The van der Waals surface area contributed by atoms with Gasteiger partial charge in [0.2, 0.25) is 0 Å². The molecule has 1 heterocycles. The van der Waals surface area contributed by atoms with E-state index in [1.807, 2.05) is 62.4 Å². The molecule has 186 valence electrons. The van der Waals surface area contributed by atoms with Gasteiger partial charge >= 0.3 is 0 Å². The lowest BCUT2D eigenvalue weighted by Crippen LogP contribution is -2.32. The van der Waals surface area contributed by atoms with Gasteiger partial charge in [0, 0.05) is 0 Å². The maximum Gasteiger partial charge on any atom is 0.293 e. The van der Waals surface area contributed by atoms with Gasteiger partial charge in [0.25, 0.3) is 11.1 Å². The zero-order valence-electron chi connectivity index (χ0n) is 20.2. The molecular formula is C28H26ClNO5S. The van der Waals surface area contributed by atoms with Crippen LogP contribution in [0.5, 0.6) is 17.2 Å². The summed E-state index contributed by atoms with van der Waals surface area (Å²) in [6.07, 6.45) is 1.63. The van der Waals surface area contributed by atoms with Crippen LogP contribution in [0.15, 0.2) is 65.6 Å². The van der Waals surface area contributed by atoms with Crippen LogP contribution in [0, 0.1) is 13.8 Å². The molecule has 1 saturated heterocycles. The minimum atomic E-state index is -0.368. The monoisotopic (exact) mass is 523 g/mol. The largest absolute Gasteiger partial charge is 0.493 e. The van der Waals surface area contributed by atoms with E-state index in [0.717, 1.165) is 22.9 Å². The Hall–Kier alpha value is -3.42. The number of nitrogens with zero attached hydrogens (tertiary/aromatic N) is 1. The van der Waals surface area contributed by atoms with Crippen LogP contribution < -0.4 is 14.2 Å². The van der Waals surface area contributed by atoms with Gasteiger partial charge in [-0.25, -0.2) is 0 Å². The number of ether oxygens (including phenoxy) is 3. The smallest absolute Gasteiger partial charge is 0.293 e. The van der Waals surface area contributed by atoms with Gasteiger partial charge < -0.3 is 14.2 Å². The van der Waals surface area contributed by atoms with Gasteiger partial charge in [-0.2, -0.15) is 0 Å². The highest BCUT2D eigenvalue weighted by atomic mass is 35.5. The highest BCUT2D eigenvalue weighted by molar-refractivity contribution is 8.18. The number of carbonyl (C=O) groups excluding carboxylic acids is 2. The van der Waals surface area contributed by atoms with Crippen molar-refractivity contribution < 1.29 is 23.8 Å². The summed E-state index contributed by atoms with van der Waals surface area (Å²) in [5.74, 6) is 1.18. The standard InChI is InChI=1S/C28H26ClNO5S/c1-18-7-9-20(10-8-18)17-35-26-23(29)14-21(15-24(26)33-3)16-25-27(31)30(28(32)36-25)11-12-34-22-6-4-5-19(2)13-22/h4-10,13-16H,11-12,17H2,1-3H3/b25-16-. The molecular weight excluding hydrogens is 498 g/mol. The summed E-state index contributed by atoms with van der Waals surface area (Å²) in [6.45, 7) is 4.70. The first kappa shape index (κ1) is 25.7. The van der Waals surface area contributed by atoms with E-state index in [0.29, 0.717) is 39.3 Å². The van der Waals surface area contributed by atoms with Gasteiger partial charge in [0.1, 0.15) is 19.0 Å². The van der Waals surface area contributed by atoms with Crippen molar-refractivity contribution in [2.24, 2.45) is 0 Å². The third-order valence-corrected chi connectivity index (χ3v) is 6.69. The molecule has 0 bridgehead atoms. The molecule has 0 saturated carbocycles. The lowest BCUT2D eigenvalue weighted by molar-refractivity contribution is -0.123. The normalized spacial score (nSPS) is 14.4. The molecule has 0 aliphatic carbocycles. The molecule has 36 heavy (non-hydrogen) atoms. The van der Waals surface area contributed by atoms with E-state index >= 15 is 0 Å². The highest BCUT2D eigenvalue weighted by Crippen LogP contribution is 2.39. The molecule has 0 N–H and O–H groups in total. The molecule has 1 aliphatic rings. The Morgan fingerprint density at radius 2 is 1.75 bits per heavy atom. The summed E-state index contributed by atoms with van der Waals surface area (Å²) in [5, 5.41) is 0.00806. The minimum absolute atomic E-state index is 0.159. The lowest BCUT2D eigenvalue weighted by Gasteiger charge is -2.14. The van der Waals surface area contributed by atoms with E-state index in [1.54, 1.807) is 18.2 Å². The van der Waals surface area contributed by atoms with E-state index in [-0.39, 0.29) is 24.3 Å². The fourth-order valence-electron chi connectivity index (χ4n) is 3.61. The van der Waals surface area contributed by atoms with Gasteiger partial charge in [-0.05, 0) is 72.6 Å². The molecule has 4 rings (SSSR count). The Labute approximate surface area is 219 Å². The van der Waals surface area contributed by atoms with Crippen molar-refractivity contribution in [3.05, 3.63) is 92.8 Å². The van der Waals surface area contributed by atoms with Crippen molar-refractivity contribution in [1.82, 2.24) is 4.90 Å². The highest BCUT2D eigenvalue weighted by Gasteiger charge is 2.35. The molecule has 3 aromatic carbocycles. The van der Waals surface area contributed by atoms with Crippen LogP contribution in [0.25, 0.3) is 6.08 Å². The molecule has 0 spiro atoms. The number of rotatable bonds is 9. The number of methoxy groups -OCH3 is 1. The fraction of sp³-hybridized carbons (Fsp3) is 0.214. The summed E-state index contributed by atoms with van der Waals surface area (Å²) >= 11 is 7.39. The summed E-state index contributed by atoms with van der Waals surface area (Å²) < 4.78 is 17.1. The Bertz CT molecular complexity index is 1310. The van der Waals surface area contributed by atoms with Crippen LogP contribution in [-0.4, -0.2) is 36.3 Å². The summed E-state index contributed by atoms with van der Waals surface area (Å²) in [7, 11) is 1.52. The second kappa shape index (κ2) is 11.5. The maximum absolute atomic E-state index is 12.9. The van der Waals surface area contributed by atoms with E-state index in [9.17, 15) is 9.59 Å². The second-order valence-electron chi connectivity index (χ2n) is 8.31. The lowest BCUT2D eigenvalue weighted by atomic mass is 10.1. The Morgan fingerprint density at radius 1 is 0.972 bits per heavy atom. The van der Waals surface area contributed by atoms with Gasteiger partial charge in [0.05, 0.1) is 23.6 Å². The summed E-state index contributed by atoms with van der Waals surface area (Å²) in [4.78, 5) is 26.8. The van der Waals surface area contributed by atoms with E-state index in [4.69, 9.17) is 25.8 Å². The fourth-order valence-corrected chi connectivity index (χ4v) is 4.75. The number of amides is 2. The molecule has 2 amide bonds. The second-order valence-corrected chi connectivity index (χ2v) is 9.71. The zero-order valence-corrected chi connectivity index (χ0v) is 21.8. The minimum Gasteiger partial charge on any atom is -0.493 e. The molecule has 0 aromatic heterocycles. The quantitative estimate of drug-likeness (QED) is 0.292. The number of imide groups is 1. The molecule has 0 unspecified atom stereocenters. The van der Waals surface area contributed by atoms with Crippen LogP contribution in [0.2, 0.25) is 5.02 Å². The number of halogens is 1. The SMILES string of the molecule is COc1cc(/C=C2\SC(=O)N(CCOc3cccc(C)c3)C2=O)cc(Cl)c1OCc1ccc(C)cc1. The molecule has 8 heteroatoms. The molecule has 1 aliphatic heterocycles.